The summed E-state index contributed by atoms with van der Waals surface area (Å²) in [6, 6.07) is 4.15. The zero-order chi connectivity index (χ0) is 15.2. The minimum absolute atomic E-state index is 0.0336. The summed E-state index contributed by atoms with van der Waals surface area (Å²) >= 11 is 0. The summed E-state index contributed by atoms with van der Waals surface area (Å²) in [5.41, 5.74) is 0. The standard InChI is InChI=1S/C17H27NO3/c1-18(2)12-16-10-9-15(21-16)11-13-5-3-4-6-14(8-7-13)17(19)20/h9-10,13-14H,3-8,11-12H2,1-2H3,(H,19,20)/p+1. The Kier molecular flexibility index (Phi) is 5.85. The molecule has 0 aromatic carbocycles. The van der Waals surface area contributed by atoms with Crippen LogP contribution in [0.25, 0.3) is 0 Å². The highest BCUT2D eigenvalue weighted by atomic mass is 16.4. The molecule has 4 heteroatoms. The van der Waals surface area contributed by atoms with Gasteiger partial charge in [0.25, 0.3) is 0 Å². The van der Waals surface area contributed by atoms with Crippen LogP contribution in [-0.2, 0) is 17.8 Å². The summed E-state index contributed by atoms with van der Waals surface area (Å²) in [7, 11) is 4.07. The van der Waals surface area contributed by atoms with E-state index in [-0.39, 0.29) is 11.9 Å². The first-order valence-electron chi connectivity index (χ1n) is 8.02. The van der Waals surface area contributed by atoms with Crippen molar-refractivity contribution in [1.29, 1.82) is 0 Å². The Hall–Kier alpha value is -1.29. The molecule has 4 nitrogen and oxygen atoms in total. The lowest BCUT2D eigenvalue weighted by atomic mass is 9.83. The summed E-state index contributed by atoms with van der Waals surface area (Å²) in [6.07, 6.45) is 7.24. The Bertz CT molecular complexity index is 453. The van der Waals surface area contributed by atoms with E-state index in [2.05, 4.69) is 17.0 Å². The number of hydrogen-bond acceptors (Lipinski definition) is 3. The highest BCUT2D eigenvalue weighted by molar-refractivity contribution is 5.69. The molecule has 2 N–H and O–H groups in total. The molecule has 1 heterocycles. The van der Waals surface area contributed by atoms with Crippen molar-refractivity contribution in [1.82, 2.24) is 4.90 Å². The molecule has 0 amide bonds. The first-order chi connectivity index (χ1) is 10.0. The Labute approximate surface area is 127 Å². The predicted molar refractivity (Wildman–Crippen MR) is 83.1 cm³/mol. The van der Waals surface area contributed by atoms with Crippen LogP contribution >= 0.6 is 0 Å². The molecule has 1 aromatic rings. The molecular formula is C17H28NO3+. The first kappa shape index (κ1) is 16.1. The molecule has 118 valence electrons. The first-order valence-corrected chi connectivity index (χ1v) is 8.02. The van der Waals surface area contributed by atoms with Crippen LogP contribution in [0, 0.1) is 11.8 Å². The van der Waals surface area contributed by atoms with Gasteiger partial charge >= 0.3 is 5.97 Å². The molecule has 1 saturated carbocycles. The lowest BCUT2D eigenvalue weighted by molar-refractivity contribution is -0.142. The molecule has 2 unspecified atom stereocenters. The molecule has 0 radical (unpaired) electrons. The Morgan fingerprint density at radius 1 is 1.19 bits per heavy atom. The predicted octanol–water partition coefficient (Wildman–Crippen LogP) is 2.72. The van der Waals surface area contributed by atoms with Gasteiger partial charge in [-0.1, -0.05) is 19.3 Å². The second-order valence-electron chi connectivity index (χ2n) is 6.60. The normalized spacial score (nSPS) is 23.8. The molecule has 0 saturated heterocycles. The molecule has 1 aliphatic carbocycles. The van der Waals surface area contributed by atoms with Gasteiger partial charge in [0.15, 0.2) is 0 Å². The molecule has 0 spiro atoms. The fraction of sp³-hybridized carbons (Fsp3) is 0.706. The molecule has 1 aromatic heterocycles. The topological polar surface area (TPSA) is 56.4 Å². The van der Waals surface area contributed by atoms with E-state index in [9.17, 15) is 4.79 Å². The fourth-order valence-electron chi connectivity index (χ4n) is 3.23. The van der Waals surface area contributed by atoms with Gasteiger partial charge in [-0.05, 0) is 51.4 Å². The second kappa shape index (κ2) is 7.64. The summed E-state index contributed by atoms with van der Waals surface area (Å²) in [6.45, 7) is 0.833. The van der Waals surface area contributed by atoms with Crippen molar-refractivity contribution in [2.24, 2.45) is 11.8 Å². The average Bonchev–Trinajstić information content (AvgIpc) is 2.79. The van der Waals surface area contributed by atoms with E-state index in [0.29, 0.717) is 5.92 Å². The minimum atomic E-state index is -0.373. The van der Waals surface area contributed by atoms with Crippen molar-refractivity contribution in [2.75, 3.05) is 14.1 Å². The van der Waals surface area contributed by atoms with Gasteiger partial charge in [-0.15, -0.1) is 0 Å². The van der Waals surface area contributed by atoms with Crippen LogP contribution in [0.4, 0.5) is 0 Å². The van der Waals surface area contributed by atoms with Crippen LogP contribution in [0.1, 0.15) is 50.0 Å². The lowest BCUT2D eigenvalue weighted by Crippen LogP contribution is -2.18. The summed E-state index contributed by atoms with van der Waals surface area (Å²) in [4.78, 5) is 13.4. The maximum absolute atomic E-state index is 11.3. The van der Waals surface area contributed by atoms with Crippen molar-refractivity contribution < 1.29 is 14.3 Å². The average molecular weight is 294 g/mol. The third-order valence-corrected chi connectivity index (χ3v) is 4.39. The van der Waals surface area contributed by atoms with Crippen molar-refractivity contribution in [3.05, 3.63) is 23.7 Å². The molecule has 2 rings (SSSR count). The number of hydrogen-bond donors (Lipinski definition) is 0. The molecular weight excluding hydrogens is 266 g/mol. The molecule has 21 heavy (non-hydrogen) atoms. The van der Waals surface area contributed by atoms with Gasteiger partial charge in [0.05, 0.1) is 6.54 Å². The third kappa shape index (κ3) is 5.20. The van der Waals surface area contributed by atoms with E-state index < -0.39 is 0 Å². The van der Waals surface area contributed by atoms with Crippen LogP contribution in [-0.4, -0.2) is 30.1 Å². The van der Waals surface area contributed by atoms with Gasteiger partial charge in [0.1, 0.15) is 17.4 Å². The van der Waals surface area contributed by atoms with E-state index in [0.717, 1.165) is 50.2 Å². The van der Waals surface area contributed by atoms with Gasteiger partial charge < -0.3 is 14.4 Å². The number of carbonyl (C=O) groups excluding carboxylic acids is 1. The SMILES string of the molecule is CN(C)Cc1ccc(CC2CCCCC(C(=O)[OH2+])CC2)o1. The van der Waals surface area contributed by atoms with Crippen LogP contribution in [0.2, 0.25) is 0 Å². The monoisotopic (exact) mass is 294 g/mol. The van der Waals surface area contributed by atoms with E-state index in [1.807, 2.05) is 14.1 Å². The number of rotatable bonds is 5. The smallest absolute Gasteiger partial charge is 0.519 e. The zero-order valence-corrected chi connectivity index (χ0v) is 13.2. The van der Waals surface area contributed by atoms with Crippen molar-refractivity contribution in [3.63, 3.8) is 0 Å². The van der Waals surface area contributed by atoms with Crippen LogP contribution in [0.3, 0.4) is 0 Å². The highest BCUT2D eigenvalue weighted by Crippen LogP contribution is 2.29. The van der Waals surface area contributed by atoms with Crippen molar-refractivity contribution >= 4 is 5.97 Å². The molecule has 0 aliphatic heterocycles. The Morgan fingerprint density at radius 2 is 1.90 bits per heavy atom. The molecule has 1 fully saturated rings. The molecule has 1 aliphatic rings. The fourth-order valence-corrected chi connectivity index (χ4v) is 3.23. The van der Waals surface area contributed by atoms with Gasteiger partial charge in [-0.3, -0.25) is 0 Å². The largest absolute Gasteiger partial charge is 0.565 e. The molecule has 0 bridgehead atoms. The Morgan fingerprint density at radius 3 is 2.62 bits per heavy atom. The van der Waals surface area contributed by atoms with Crippen LogP contribution < -0.4 is 0 Å². The van der Waals surface area contributed by atoms with Crippen molar-refractivity contribution in [3.8, 4) is 0 Å². The number of carbonyl (C=O) groups is 1. The summed E-state index contributed by atoms with van der Waals surface area (Å²) in [5, 5.41) is 7.33. The van der Waals surface area contributed by atoms with E-state index >= 15 is 0 Å². The van der Waals surface area contributed by atoms with Gasteiger partial charge in [-0.2, -0.15) is 0 Å². The maximum Gasteiger partial charge on any atom is 0.519 e. The molecule has 2 atom stereocenters. The number of nitrogens with zero attached hydrogens (tertiary/aromatic N) is 1. The van der Waals surface area contributed by atoms with E-state index in [1.54, 1.807) is 0 Å². The van der Waals surface area contributed by atoms with Crippen molar-refractivity contribution in [2.45, 2.75) is 51.5 Å². The summed E-state index contributed by atoms with van der Waals surface area (Å²) in [5.74, 6) is 2.26. The quantitative estimate of drug-likeness (QED) is 0.785. The second-order valence-corrected chi connectivity index (χ2v) is 6.60. The third-order valence-electron chi connectivity index (χ3n) is 4.39. The zero-order valence-electron chi connectivity index (χ0n) is 13.2. The number of furan rings is 1. The highest BCUT2D eigenvalue weighted by Gasteiger charge is 2.27. The van der Waals surface area contributed by atoms with E-state index in [4.69, 9.17) is 9.52 Å². The maximum atomic E-state index is 11.3. The van der Waals surface area contributed by atoms with Gasteiger partial charge in [0.2, 0.25) is 0 Å². The lowest BCUT2D eigenvalue weighted by Gasteiger charge is -2.20. The summed E-state index contributed by atoms with van der Waals surface area (Å²) < 4.78 is 5.90. The van der Waals surface area contributed by atoms with Crippen LogP contribution in [0.15, 0.2) is 16.5 Å². The minimum Gasteiger partial charge on any atom is -0.565 e. The van der Waals surface area contributed by atoms with Crippen LogP contribution in [0.5, 0.6) is 0 Å². The van der Waals surface area contributed by atoms with E-state index in [1.165, 1.54) is 12.8 Å². The Balaban J connectivity index is 1.88. The van der Waals surface area contributed by atoms with Gasteiger partial charge in [0, 0.05) is 11.2 Å². The van der Waals surface area contributed by atoms with Gasteiger partial charge in [-0.25, -0.2) is 0 Å².